The van der Waals surface area contributed by atoms with E-state index in [1.54, 1.807) is 0 Å². The zero-order valence-corrected chi connectivity index (χ0v) is 10.8. The van der Waals surface area contributed by atoms with Crippen LogP contribution in [0, 0.1) is 13.8 Å². The van der Waals surface area contributed by atoms with Gasteiger partial charge in [0.2, 0.25) is 0 Å². The summed E-state index contributed by atoms with van der Waals surface area (Å²) in [4.78, 5) is 0. The van der Waals surface area contributed by atoms with E-state index in [9.17, 15) is 0 Å². The van der Waals surface area contributed by atoms with E-state index in [2.05, 4.69) is 74.5 Å². The van der Waals surface area contributed by atoms with Crippen molar-refractivity contribution in [3.63, 3.8) is 0 Å². The summed E-state index contributed by atoms with van der Waals surface area (Å²) in [6.45, 7) is 4.27. The van der Waals surface area contributed by atoms with Crippen molar-refractivity contribution in [2.45, 2.75) is 13.8 Å². The fourth-order valence-corrected chi connectivity index (χ4v) is 2.37. The summed E-state index contributed by atoms with van der Waals surface area (Å²) >= 11 is 0. The van der Waals surface area contributed by atoms with Gasteiger partial charge < -0.3 is 0 Å². The summed E-state index contributed by atoms with van der Waals surface area (Å²) in [5, 5.41) is 2.62. The molecule has 3 aromatic carbocycles. The van der Waals surface area contributed by atoms with Gasteiger partial charge in [-0.1, -0.05) is 65.7 Å². The van der Waals surface area contributed by atoms with E-state index in [4.69, 9.17) is 0 Å². The SMILES string of the molecule is Cc1cccc(-c2ccc3ccc(C)cc3c2)c1. The molecule has 0 radical (unpaired) electrons. The molecule has 0 fully saturated rings. The highest BCUT2D eigenvalue weighted by Crippen LogP contribution is 2.25. The molecular formula is C18H16. The van der Waals surface area contributed by atoms with Gasteiger partial charge in [0, 0.05) is 0 Å². The Morgan fingerprint density at radius 1 is 0.556 bits per heavy atom. The van der Waals surface area contributed by atoms with Crippen molar-refractivity contribution in [1.29, 1.82) is 0 Å². The van der Waals surface area contributed by atoms with Crippen LogP contribution in [0.25, 0.3) is 21.9 Å². The van der Waals surface area contributed by atoms with Crippen LogP contribution in [0.4, 0.5) is 0 Å². The Kier molecular flexibility index (Phi) is 2.64. The van der Waals surface area contributed by atoms with Crippen molar-refractivity contribution < 1.29 is 0 Å². The van der Waals surface area contributed by atoms with Crippen molar-refractivity contribution in [2.24, 2.45) is 0 Å². The Hall–Kier alpha value is -2.08. The lowest BCUT2D eigenvalue weighted by molar-refractivity contribution is 1.47. The molecule has 0 heteroatoms. The summed E-state index contributed by atoms with van der Waals surface area (Å²) in [7, 11) is 0. The van der Waals surface area contributed by atoms with Gasteiger partial charge in [-0.2, -0.15) is 0 Å². The number of fused-ring (bicyclic) bond motifs is 1. The van der Waals surface area contributed by atoms with Crippen LogP contribution >= 0.6 is 0 Å². The monoisotopic (exact) mass is 232 g/mol. The van der Waals surface area contributed by atoms with Crippen LogP contribution in [0.15, 0.2) is 60.7 Å². The maximum atomic E-state index is 2.27. The average molecular weight is 232 g/mol. The topological polar surface area (TPSA) is 0 Å². The first-order valence-corrected chi connectivity index (χ1v) is 6.30. The molecule has 0 bridgehead atoms. The molecule has 0 N–H and O–H groups in total. The molecule has 0 aliphatic rings. The van der Waals surface area contributed by atoms with Crippen LogP contribution in [-0.2, 0) is 0 Å². The molecule has 0 aliphatic carbocycles. The minimum absolute atomic E-state index is 1.29. The van der Waals surface area contributed by atoms with Crippen LogP contribution in [0.5, 0.6) is 0 Å². The van der Waals surface area contributed by atoms with Crippen molar-refractivity contribution in [3.8, 4) is 11.1 Å². The molecule has 0 heterocycles. The maximum Gasteiger partial charge on any atom is -0.0175 e. The fraction of sp³-hybridized carbons (Fsp3) is 0.111. The van der Waals surface area contributed by atoms with E-state index in [1.807, 2.05) is 0 Å². The first-order chi connectivity index (χ1) is 8.72. The summed E-state index contributed by atoms with van der Waals surface area (Å²) in [5.74, 6) is 0. The van der Waals surface area contributed by atoms with E-state index >= 15 is 0 Å². The molecule has 88 valence electrons. The molecular weight excluding hydrogens is 216 g/mol. The van der Waals surface area contributed by atoms with Gasteiger partial charge >= 0.3 is 0 Å². The molecule has 0 saturated carbocycles. The minimum atomic E-state index is 1.29. The second kappa shape index (κ2) is 4.30. The van der Waals surface area contributed by atoms with Crippen molar-refractivity contribution >= 4 is 10.8 Å². The molecule has 0 aliphatic heterocycles. The van der Waals surface area contributed by atoms with Gasteiger partial charge in [0.1, 0.15) is 0 Å². The third kappa shape index (κ3) is 2.02. The van der Waals surface area contributed by atoms with Gasteiger partial charge in [-0.3, -0.25) is 0 Å². The summed E-state index contributed by atoms with van der Waals surface area (Å²) in [6, 6.07) is 21.9. The molecule has 0 saturated heterocycles. The van der Waals surface area contributed by atoms with Crippen LogP contribution < -0.4 is 0 Å². The lowest BCUT2D eigenvalue weighted by atomic mass is 9.99. The summed E-state index contributed by atoms with van der Waals surface area (Å²) < 4.78 is 0. The predicted octanol–water partition coefficient (Wildman–Crippen LogP) is 5.12. The first-order valence-electron chi connectivity index (χ1n) is 6.30. The quantitative estimate of drug-likeness (QED) is 0.546. The second-order valence-electron chi connectivity index (χ2n) is 4.93. The molecule has 0 unspecified atom stereocenters. The largest absolute Gasteiger partial charge is 0.0614 e. The summed E-state index contributed by atoms with van der Waals surface area (Å²) in [5.41, 5.74) is 5.19. The van der Waals surface area contributed by atoms with Gasteiger partial charge in [0.05, 0.1) is 0 Å². The second-order valence-corrected chi connectivity index (χ2v) is 4.93. The Labute approximate surface area is 108 Å². The zero-order chi connectivity index (χ0) is 12.5. The number of aryl methyl sites for hydroxylation is 2. The Bertz CT molecular complexity index is 708. The molecule has 3 rings (SSSR count). The van der Waals surface area contributed by atoms with Gasteiger partial charge in [-0.25, -0.2) is 0 Å². The third-order valence-corrected chi connectivity index (χ3v) is 3.35. The van der Waals surface area contributed by atoms with E-state index in [-0.39, 0.29) is 0 Å². The van der Waals surface area contributed by atoms with Crippen molar-refractivity contribution in [2.75, 3.05) is 0 Å². The standard InChI is InChI=1S/C18H16/c1-13-4-3-5-16(10-13)17-9-8-15-7-6-14(2)11-18(15)12-17/h3-12H,1-2H3. The van der Waals surface area contributed by atoms with E-state index in [1.165, 1.54) is 33.0 Å². The third-order valence-electron chi connectivity index (χ3n) is 3.35. The number of benzene rings is 3. The first kappa shape index (κ1) is 11.0. The Morgan fingerprint density at radius 2 is 1.28 bits per heavy atom. The molecule has 0 spiro atoms. The maximum absolute atomic E-state index is 2.27. The van der Waals surface area contributed by atoms with Crippen LogP contribution in [0.1, 0.15) is 11.1 Å². The number of hydrogen-bond donors (Lipinski definition) is 0. The Morgan fingerprint density at radius 3 is 2.11 bits per heavy atom. The molecule has 0 aromatic heterocycles. The van der Waals surface area contributed by atoms with Gasteiger partial charge in [0.15, 0.2) is 0 Å². The average Bonchev–Trinajstić information content (AvgIpc) is 2.38. The molecule has 18 heavy (non-hydrogen) atoms. The van der Waals surface area contributed by atoms with Crippen LogP contribution in [0.3, 0.4) is 0 Å². The number of rotatable bonds is 1. The highest BCUT2D eigenvalue weighted by molar-refractivity contribution is 5.87. The Balaban J connectivity index is 2.18. The lowest BCUT2D eigenvalue weighted by Crippen LogP contribution is -1.81. The fourth-order valence-electron chi connectivity index (χ4n) is 2.37. The zero-order valence-electron chi connectivity index (χ0n) is 10.8. The highest BCUT2D eigenvalue weighted by atomic mass is 14.0. The molecule has 0 nitrogen and oxygen atoms in total. The predicted molar refractivity (Wildman–Crippen MR) is 78.9 cm³/mol. The van der Waals surface area contributed by atoms with Gasteiger partial charge in [-0.15, -0.1) is 0 Å². The van der Waals surface area contributed by atoms with Crippen LogP contribution in [-0.4, -0.2) is 0 Å². The van der Waals surface area contributed by atoms with E-state index in [0.717, 1.165) is 0 Å². The molecule has 0 atom stereocenters. The van der Waals surface area contributed by atoms with Gasteiger partial charge in [0.25, 0.3) is 0 Å². The molecule has 3 aromatic rings. The normalized spacial score (nSPS) is 10.8. The lowest BCUT2D eigenvalue weighted by Gasteiger charge is -2.06. The van der Waals surface area contributed by atoms with E-state index < -0.39 is 0 Å². The van der Waals surface area contributed by atoms with Gasteiger partial charge in [-0.05, 0) is 41.8 Å². The number of hydrogen-bond acceptors (Lipinski definition) is 0. The van der Waals surface area contributed by atoms with E-state index in [0.29, 0.717) is 0 Å². The minimum Gasteiger partial charge on any atom is -0.0614 e. The highest BCUT2D eigenvalue weighted by Gasteiger charge is 2.00. The smallest absolute Gasteiger partial charge is 0.0175 e. The molecule has 0 amide bonds. The summed E-state index contributed by atoms with van der Waals surface area (Å²) in [6.07, 6.45) is 0. The van der Waals surface area contributed by atoms with Crippen LogP contribution in [0.2, 0.25) is 0 Å². The van der Waals surface area contributed by atoms with Crippen molar-refractivity contribution in [3.05, 3.63) is 71.8 Å². The van der Waals surface area contributed by atoms with Crippen molar-refractivity contribution in [1.82, 2.24) is 0 Å².